The van der Waals surface area contributed by atoms with E-state index in [1.54, 1.807) is 42.1 Å². The van der Waals surface area contributed by atoms with Crippen LogP contribution in [0.1, 0.15) is 29.9 Å². The van der Waals surface area contributed by atoms with Crippen molar-refractivity contribution < 1.29 is 27.5 Å². The third-order valence-corrected chi connectivity index (χ3v) is 6.27. The van der Waals surface area contributed by atoms with Crippen molar-refractivity contribution in [2.24, 2.45) is 0 Å². The molecule has 0 unspecified atom stereocenters. The van der Waals surface area contributed by atoms with Crippen LogP contribution in [-0.4, -0.2) is 38.4 Å². The molecule has 0 spiro atoms. The third-order valence-electron chi connectivity index (χ3n) is 6.27. The predicted octanol–water partition coefficient (Wildman–Crippen LogP) is 6.95. The minimum absolute atomic E-state index is 0.214. The number of carbonyl (C=O) groups excluding carboxylic acids is 2. The van der Waals surface area contributed by atoms with E-state index in [-0.39, 0.29) is 18.0 Å². The maximum absolute atomic E-state index is 12.8. The van der Waals surface area contributed by atoms with Crippen LogP contribution in [0, 0.1) is 0 Å². The molecule has 12 heteroatoms. The number of pyridine rings is 1. The molecule has 0 aliphatic carbocycles. The van der Waals surface area contributed by atoms with Crippen LogP contribution in [0.5, 0.6) is 0 Å². The number of benzene rings is 2. The van der Waals surface area contributed by atoms with Crippen LogP contribution in [0.4, 0.5) is 29.3 Å². The average molecular weight is 563 g/mol. The van der Waals surface area contributed by atoms with Crippen LogP contribution in [0.15, 0.2) is 73.1 Å². The van der Waals surface area contributed by atoms with Crippen LogP contribution in [0.3, 0.4) is 0 Å². The molecule has 0 atom stereocenters. The number of ether oxygens (including phenoxy) is 1. The number of hydrogen-bond donors (Lipinski definition) is 3. The molecule has 41 heavy (non-hydrogen) atoms. The lowest BCUT2D eigenvalue weighted by Crippen LogP contribution is -2.19. The van der Waals surface area contributed by atoms with Gasteiger partial charge in [0, 0.05) is 46.8 Å². The highest BCUT2D eigenvalue weighted by Crippen LogP contribution is 2.36. The van der Waals surface area contributed by atoms with Gasteiger partial charge in [0.25, 0.3) is 0 Å². The van der Waals surface area contributed by atoms with E-state index < -0.39 is 23.7 Å². The van der Waals surface area contributed by atoms with Crippen LogP contribution in [-0.2, 0) is 17.5 Å². The van der Waals surface area contributed by atoms with E-state index in [2.05, 4.69) is 20.6 Å². The Morgan fingerprint density at radius 2 is 1.73 bits per heavy atom. The number of rotatable bonds is 7. The zero-order valence-electron chi connectivity index (χ0n) is 22.0. The molecular formula is C29H25F3N6O3. The highest BCUT2D eigenvalue weighted by molar-refractivity contribution is 6.02. The van der Waals surface area contributed by atoms with E-state index in [9.17, 15) is 22.8 Å². The summed E-state index contributed by atoms with van der Waals surface area (Å²) in [5.74, 6) is -0.478. The standard InChI is InChI=1S/C29H25F3N6O3/c1-3-38-16-23(21-12-13-33-26-22(21)15-24(36-26)27(39)41-4-2)25(37-38)17-6-5-7-20(14-17)35-28(40)34-19-10-8-18(9-11-19)29(30,31)32/h5-16H,3-4H2,1-2H3,(H,33,36)(H2,34,35,40). The minimum Gasteiger partial charge on any atom is -0.461 e. The van der Waals surface area contributed by atoms with E-state index in [1.165, 1.54) is 12.1 Å². The molecule has 0 aliphatic rings. The molecule has 0 aliphatic heterocycles. The number of urea groups is 1. The van der Waals surface area contributed by atoms with Gasteiger partial charge in [-0.2, -0.15) is 18.3 Å². The van der Waals surface area contributed by atoms with Gasteiger partial charge in [0.1, 0.15) is 17.0 Å². The number of aromatic nitrogens is 4. The second-order valence-electron chi connectivity index (χ2n) is 9.01. The van der Waals surface area contributed by atoms with Gasteiger partial charge in [-0.3, -0.25) is 4.68 Å². The Hall–Kier alpha value is -5.13. The number of aromatic amines is 1. The molecule has 5 aromatic rings. The van der Waals surface area contributed by atoms with E-state index in [4.69, 9.17) is 9.84 Å². The Morgan fingerprint density at radius 3 is 2.44 bits per heavy atom. The normalized spacial score (nSPS) is 11.4. The molecule has 0 saturated heterocycles. The summed E-state index contributed by atoms with van der Waals surface area (Å²) >= 11 is 0. The van der Waals surface area contributed by atoms with E-state index in [0.717, 1.165) is 28.6 Å². The molecule has 0 bridgehead atoms. The summed E-state index contributed by atoms with van der Waals surface area (Å²) < 4.78 is 45.4. The Bertz CT molecular complexity index is 1720. The lowest BCUT2D eigenvalue weighted by molar-refractivity contribution is -0.137. The van der Waals surface area contributed by atoms with Crippen LogP contribution in [0.25, 0.3) is 33.4 Å². The van der Waals surface area contributed by atoms with Gasteiger partial charge in [0.15, 0.2) is 0 Å². The number of halogens is 3. The van der Waals surface area contributed by atoms with Crippen LogP contribution in [0.2, 0.25) is 0 Å². The van der Waals surface area contributed by atoms with Crippen molar-refractivity contribution in [2.75, 3.05) is 17.2 Å². The third kappa shape index (κ3) is 5.91. The lowest BCUT2D eigenvalue weighted by atomic mass is 10.00. The van der Waals surface area contributed by atoms with Crippen molar-refractivity contribution in [2.45, 2.75) is 26.6 Å². The highest BCUT2D eigenvalue weighted by atomic mass is 19.4. The van der Waals surface area contributed by atoms with Crippen molar-refractivity contribution in [3.05, 3.63) is 84.3 Å². The number of carbonyl (C=O) groups is 2. The second-order valence-corrected chi connectivity index (χ2v) is 9.01. The number of hydrogen-bond acceptors (Lipinski definition) is 5. The fraction of sp³-hybridized carbons (Fsp3) is 0.172. The van der Waals surface area contributed by atoms with Crippen molar-refractivity contribution in [1.29, 1.82) is 0 Å². The quantitative estimate of drug-likeness (QED) is 0.186. The summed E-state index contributed by atoms with van der Waals surface area (Å²) in [7, 11) is 0. The Balaban J connectivity index is 1.43. The molecule has 210 valence electrons. The first kappa shape index (κ1) is 27.4. The molecule has 2 aromatic carbocycles. The fourth-order valence-corrected chi connectivity index (χ4v) is 4.35. The van der Waals surface area contributed by atoms with Crippen molar-refractivity contribution in [3.63, 3.8) is 0 Å². The number of amides is 2. The number of nitrogens with zero attached hydrogens (tertiary/aromatic N) is 3. The molecule has 3 aromatic heterocycles. The molecule has 3 N–H and O–H groups in total. The van der Waals surface area contributed by atoms with Gasteiger partial charge < -0.3 is 20.4 Å². The van der Waals surface area contributed by atoms with Crippen molar-refractivity contribution >= 4 is 34.4 Å². The van der Waals surface area contributed by atoms with E-state index in [0.29, 0.717) is 29.1 Å². The number of aryl methyl sites for hydroxylation is 1. The fourth-order valence-electron chi connectivity index (χ4n) is 4.35. The minimum atomic E-state index is -4.46. The summed E-state index contributed by atoms with van der Waals surface area (Å²) in [5, 5.41) is 10.7. The Labute approximate surface area is 232 Å². The van der Waals surface area contributed by atoms with Gasteiger partial charge >= 0.3 is 18.2 Å². The van der Waals surface area contributed by atoms with Gasteiger partial charge in [0.2, 0.25) is 0 Å². The first-order valence-corrected chi connectivity index (χ1v) is 12.7. The monoisotopic (exact) mass is 562 g/mol. The first-order valence-electron chi connectivity index (χ1n) is 12.7. The summed E-state index contributed by atoms with van der Waals surface area (Å²) in [6, 6.07) is 14.1. The average Bonchev–Trinajstić information content (AvgIpc) is 3.58. The number of esters is 1. The van der Waals surface area contributed by atoms with Crippen LogP contribution < -0.4 is 10.6 Å². The van der Waals surface area contributed by atoms with Gasteiger partial charge in [-0.05, 0) is 67.9 Å². The molecule has 9 nitrogen and oxygen atoms in total. The summed E-state index contributed by atoms with van der Waals surface area (Å²) in [5.41, 5.74) is 3.63. The number of alkyl halides is 3. The lowest BCUT2D eigenvalue weighted by Gasteiger charge is -2.11. The molecule has 2 amide bonds. The second kappa shape index (κ2) is 11.2. The number of H-pyrrole nitrogens is 1. The van der Waals surface area contributed by atoms with E-state index in [1.807, 2.05) is 25.3 Å². The topological polar surface area (TPSA) is 114 Å². The summed E-state index contributed by atoms with van der Waals surface area (Å²) in [4.78, 5) is 32.3. The molecular weight excluding hydrogens is 537 g/mol. The smallest absolute Gasteiger partial charge is 0.416 e. The SMILES string of the molecule is CCOC(=O)c1cc2c(-c3cn(CC)nc3-c3cccc(NC(=O)Nc4ccc(C(F)(F)F)cc4)c3)ccnc2[nH]1. The maximum Gasteiger partial charge on any atom is 0.416 e. The predicted molar refractivity (Wildman–Crippen MR) is 148 cm³/mol. The first-order chi connectivity index (χ1) is 19.7. The zero-order valence-corrected chi connectivity index (χ0v) is 22.0. The molecule has 5 rings (SSSR count). The molecule has 0 fully saturated rings. The van der Waals surface area contributed by atoms with Gasteiger partial charge in [-0.1, -0.05) is 12.1 Å². The molecule has 3 heterocycles. The summed E-state index contributed by atoms with van der Waals surface area (Å²) in [6.07, 6.45) is -0.921. The number of nitrogens with one attached hydrogen (secondary N) is 3. The van der Waals surface area contributed by atoms with Gasteiger partial charge in [-0.25, -0.2) is 14.6 Å². The summed E-state index contributed by atoms with van der Waals surface area (Å²) in [6.45, 7) is 4.54. The number of anilines is 2. The van der Waals surface area contributed by atoms with Gasteiger partial charge in [-0.15, -0.1) is 0 Å². The highest BCUT2D eigenvalue weighted by Gasteiger charge is 2.30. The maximum atomic E-state index is 12.8. The molecule has 0 radical (unpaired) electrons. The largest absolute Gasteiger partial charge is 0.461 e. The van der Waals surface area contributed by atoms with Crippen molar-refractivity contribution in [1.82, 2.24) is 19.7 Å². The van der Waals surface area contributed by atoms with Crippen LogP contribution >= 0.6 is 0 Å². The van der Waals surface area contributed by atoms with Crippen molar-refractivity contribution in [3.8, 4) is 22.4 Å². The van der Waals surface area contributed by atoms with Gasteiger partial charge in [0.05, 0.1) is 12.2 Å². The number of fused-ring (bicyclic) bond motifs is 1. The molecule has 0 saturated carbocycles. The Kier molecular flexibility index (Phi) is 7.47. The van der Waals surface area contributed by atoms with E-state index >= 15 is 0 Å². The zero-order chi connectivity index (χ0) is 29.1. The Morgan fingerprint density at radius 1 is 0.976 bits per heavy atom.